The van der Waals surface area contributed by atoms with E-state index >= 15 is 0 Å². The molecule has 1 aliphatic rings. The van der Waals surface area contributed by atoms with Crippen molar-refractivity contribution in [2.45, 2.75) is 6.18 Å². The molecule has 0 spiro atoms. The van der Waals surface area contributed by atoms with E-state index < -0.39 is 28.0 Å². The van der Waals surface area contributed by atoms with Crippen LogP contribution in [0.5, 0.6) is 0 Å². The van der Waals surface area contributed by atoms with E-state index in [-0.39, 0.29) is 31.7 Å². The lowest BCUT2D eigenvalue weighted by molar-refractivity contribution is -0.186. The van der Waals surface area contributed by atoms with Gasteiger partial charge in [-0.3, -0.25) is 14.3 Å². The summed E-state index contributed by atoms with van der Waals surface area (Å²) in [5.74, 6) is -2.30. The van der Waals surface area contributed by atoms with E-state index in [2.05, 4.69) is 4.72 Å². The van der Waals surface area contributed by atoms with Crippen LogP contribution in [0.3, 0.4) is 0 Å². The first kappa shape index (κ1) is 19.0. The van der Waals surface area contributed by atoms with E-state index in [1.165, 1.54) is 29.2 Å². The number of carbonyl (C=O) groups is 2. The fourth-order valence-corrected chi connectivity index (χ4v) is 2.93. The Morgan fingerprint density at radius 1 is 1.00 bits per heavy atom. The predicted molar refractivity (Wildman–Crippen MR) is 83.4 cm³/mol. The average Bonchev–Trinajstić information content (AvgIpc) is 2.52. The number of rotatable bonds is 3. The molecular formula is C14H16F3N3O4S. The third kappa shape index (κ3) is 5.08. The van der Waals surface area contributed by atoms with Gasteiger partial charge < -0.3 is 9.80 Å². The Kier molecular flexibility index (Phi) is 5.26. The Hall–Kier alpha value is -2.30. The van der Waals surface area contributed by atoms with Gasteiger partial charge in [0.2, 0.25) is 10.0 Å². The van der Waals surface area contributed by atoms with Crippen molar-refractivity contribution in [3.63, 3.8) is 0 Å². The highest BCUT2D eigenvalue weighted by molar-refractivity contribution is 7.92. The molecule has 138 valence electrons. The van der Waals surface area contributed by atoms with E-state index in [0.717, 1.165) is 6.26 Å². The molecule has 2 amide bonds. The summed E-state index contributed by atoms with van der Waals surface area (Å²) >= 11 is 0. The predicted octanol–water partition coefficient (Wildman–Crippen LogP) is 0.905. The Bertz CT molecular complexity index is 755. The highest BCUT2D eigenvalue weighted by atomic mass is 32.2. The van der Waals surface area contributed by atoms with Gasteiger partial charge in [0, 0.05) is 37.4 Å². The van der Waals surface area contributed by atoms with Gasteiger partial charge >= 0.3 is 12.1 Å². The van der Waals surface area contributed by atoms with E-state index in [9.17, 15) is 31.2 Å². The molecule has 0 aliphatic carbocycles. The van der Waals surface area contributed by atoms with Crippen molar-refractivity contribution in [3.8, 4) is 0 Å². The summed E-state index contributed by atoms with van der Waals surface area (Å²) < 4.78 is 61.7. The van der Waals surface area contributed by atoms with Crippen LogP contribution in [-0.2, 0) is 14.8 Å². The number of hydrogen-bond acceptors (Lipinski definition) is 4. The van der Waals surface area contributed by atoms with Crippen LogP contribution >= 0.6 is 0 Å². The van der Waals surface area contributed by atoms with Gasteiger partial charge in [0.15, 0.2) is 0 Å². The number of piperazine rings is 1. The molecule has 1 aliphatic heterocycles. The molecule has 0 bridgehead atoms. The molecule has 1 fully saturated rings. The van der Waals surface area contributed by atoms with Gasteiger partial charge in [-0.2, -0.15) is 13.2 Å². The second kappa shape index (κ2) is 6.90. The SMILES string of the molecule is CS(=O)(=O)Nc1ccc(C(=O)N2CCN(C(=O)C(F)(F)F)CC2)cc1. The number of anilines is 1. The van der Waals surface area contributed by atoms with E-state index in [1.807, 2.05) is 0 Å². The van der Waals surface area contributed by atoms with Gasteiger partial charge in [-0.15, -0.1) is 0 Å². The van der Waals surface area contributed by atoms with Crippen LogP contribution in [0.15, 0.2) is 24.3 Å². The van der Waals surface area contributed by atoms with Crippen LogP contribution in [0, 0.1) is 0 Å². The number of amides is 2. The largest absolute Gasteiger partial charge is 0.471 e. The molecule has 1 N–H and O–H groups in total. The zero-order valence-corrected chi connectivity index (χ0v) is 14.0. The molecule has 1 aromatic rings. The maximum atomic E-state index is 12.4. The Morgan fingerprint density at radius 2 is 1.48 bits per heavy atom. The van der Waals surface area contributed by atoms with Crippen molar-refractivity contribution in [2.75, 3.05) is 37.2 Å². The van der Waals surface area contributed by atoms with E-state index in [0.29, 0.717) is 10.6 Å². The molecule has 0 aromatic heterocycles. The summed E-state index contributed by atoms with van der Waals surface area (Å²) in [6.07, 6.45) is -3.93. The number of carbonyl (C=O) groups excluding carboxylic acids is 2. The van der Waals surface area contributed by atoms with Crippen molar-refractivity contribution in [1.82, 2.24) is 9.80 Å². The van der Waals surface area contributed by atoms with Crippen molar-refractivity contribution >= 4 is 27.5 Å². The minimum Gasteiger partial charge on any atom is -0.335 e. The third-order valence-electron chi connectivity index (χ3n) is 3.53. The molecule has 7 nitrogen and oxygen atoms in total. The molecule has 0 radical (unpaired) electrons. The van der Waals surface area contributed by atoms with Crippen LogP contribution in [0.25, 0.3) is 0 Å². The molecule has 1 heterocycles. The third-order valence-corrected chi connectivity index (χ3v) is 4.14. The highest BCUT2D eigenvalue weighted by Gasteiger charge is 2.43. The highest BCUT2D eigenvalue weighted by Crippen LogP contribution is 2.20. The number of hydrogen-bond donors (Lipinski definition) is 1. The summed E-state index contributed by atoms with van der Waals surface area (Å²) in [4.78, 5) is 25.5. The standard InChI is InChI=1S/C14H16F3N3O4S/c1-25(23,24)18-11-4-2-10(3-5-11)12(21)19-6-8-20(9-7-19)13(22)14(15,16)17/h2-5,18H,6-9H2,1H3. The summed E-state index contributed by atoms with van der Waals surface area (Å²) in [6, 6.07) is 5.67. The molecule has 0 unspecified atom stereocenters. The fraction of sp³-hybridized carbons (Fsp3) is 0.429. The lowest BCUT2D eigenvalue weighted by Gasteiger charge is -2.35. The first-order chi connectivity index (χ1) is 11.5. The van der Waals surface area contributed by atoms with E-state index in [1.54, 1.807) is 0 Å². The molecule has 2 rings (SSSR count). The van der Waals surface area contributed by atoms with Crippen LogP contribution in [-0.4, -0.2) is 68.6 Å². The van der Waals surface area contributed by atoms with Gasteiger partial charge in [-0.05, 0) is 24.3 Å². The second-order valence-corrected chi connectivity index (χ2v) is 7.28. The Morgan fingerprint density at radius 3 is 1.92 bits per heavy atom. The summed E-state index contributed by atoms with van der Waals surface area (Å²) in [5.41, 5.74) is 0.564. The zero-order chi connectivity index (χ0) is 18.8. The smallest absolute Gasteiger partial charge is 0.335 e. The molecule has 11 heteroatoms. The lowest BCUT2D eigenvalue weighted by atomic mass is 10.1. The molecule has 0 atom stereocenters. The fourth-order valence-electron chi connectivity index (χ4n) is 2.37. The van der Waals surface area contributed by atoms with Crippen molar-refractivity contribution in [2.24, 2.45) is 0 Å². The number of benzene rings is 1. The number of halogens is 3. The normalized spacial score (nSPS) is 15.8. The maximum absolute atomic E-state index is 12.4. The van der Waals surface area contributed by atoms with Crippen LogP contribution in [0.2, 0.25) is 0 Å². The van der Waals surface area contributed by atoms with Crippen LogP contribution in [0.4, 0.5) is 18.9 Å². The van der Waals surface area contributed by atoms with Gasteiger partial charge in [-0.1, -0.05) is 0 Å². The van der Waals surface area contributed by atoms with Gasteiger partial charge in [0.05, 0.1) is 6.26 Å². The lowest BCUT2D eigenvalue weighted by Crippen LogP contribution is -2.53. The second-order valence-electron chi connectivity index (χ2n) is 5.53. The summed E-state index contributed by atoms with van der Waals surface area (Å²) in [7, 11) is -3.43. The molecule has 1 aromatic carbocycles. The number of alkyl halides is 3. The Balaban J connectivity index is 1.97. The van der Waals surface area contributed by atoms with Crippen molar-refractivity contribution in [1.29, 1.82) is 0 Å². The number of nitrogens with zero attached hydrogens (tertiary/aromatic N) is 2. The topological polar surface area (TPSA) is 86.8 Å². The Labute approximate surface area is 142 Å². The minimum atomic E-state index is -4.92. The molecule has 0 saturated carbocycles. The first-order valence-electron chi connectivity index (χ1n) is 7.20. The minimum absolute atomic E-state index is 0.00993. The molecule has 25 heavy (non-hydrogen) atoms. The molecular weight excluding hydrogens is 363 g/mol. The summed E-state index contributed by atoms with van der Waals surface area (Å²) in [6.45, 7) is -0.413. The van der Waals surface area contributed by atoms with Crippen LogP contribution in [0.1, 0.15) is 10.4 Å². The quantitative estimate of drug-likeness (QED) is 0.846. The van der Waals surface area contributed by atoms with Crippen molar-refractivity contribution in [3.05, 3.63) is 29.8 Å². The van der Waals surface area contributed by atoms with Gasteiger partial charge in [-0.25, -0.2) is 8.42 Å². The van der Waals surface area contributed by atoms with Crippen LogP contribution < -0.4 is 4.72 Å². The summed E-state index contributed by atoms with van der Waals surface area (Å²) in [5, 5.41) is 0. The number of sulfonamides is 1. The van der Waals surface area contributed by atoms with Gasteiger partial charge in [0.1, 0.15) is 0 Å². The van der Waals surface area contributed by atoms with E-state index in [4.69, 9.17) is 0 Å². The van der Waals surface area contributed by atoms with Crippen molar-refractivity contribution < 1.29 is 31.2 Å². The first-order valence-corrected chi connectivity index (χ1v) is 9.10. The zero-order valence-electron chi connectivity index (χ0n) is 13.2. The monoisotopic (exact) mass is 379 g/mol. The number of nitrogens with one attached hydrogen (secondary N) is 1. The van der Waals surface area contributed by atoms with Gasteiger partial charge in [0.25, 0.3) is 5.91 Å². The molecule has 1 saturated heterocycles. The average molecular weight is 379 g/mol. The maximum Gasteiger partial charge on any atom is 0.471 e.